The van der Waals surface area contributed by atoms with Gasteiger partial charge in [-0.3, -0.25) is 4.98 Å². The van der Waals surface area contributed by atoms with E-state index in [9.17, 15) is 0 Å². The summed E-state index contributed by atoms with van der Waals surface area (Å²) in [5.41, 5.74) is 2.15. The van der Waals surface area contributed by atoms with Crippen molar-refractivity contribution in [3.8, 4) is 0 Å². The third-order valence-corrected chi connectivity index (χ3v) is 4.63. The lowest BCUT2D eigenvalue weighted by molar-refractivity contribution is 0.573. The van der Waals surface area contributed by atoms with E-state index in [0.29, 0.717) is 6.04 Å². The minimum atomic E-state index is 0.340. The highest BCUT2D eigenvalue weighted by Crippen LogP contribution is 2.28. The van der Waals surface area contributed by atoms with Gasteiger partial charge >= 0.3 is 0 Å². The molecule has 0 aliphatic heterocycles. The van der Waals surface area contributed by atoms with Gasteiger partial charge in [0.15, 0.2) is 0 Å². The van der Waals surface area contributed by atoms with Crippen molar-refractivity contribution >= 4 is 27.3 Å². The largest absolute Gasteiger partial charge is 0.304 e. The van der Waals surface area contributed by atoms with E-state index in [2.05, 4.69) is 50.7 Å². The molecule has 1 atom stereocenters. The molecule has 0 saturated heterocycles. The fourth-order valence-corrected chi connectivity index (χ4v) is 3.41. The fraction of sp³-hybridized carbons (Fsp3) is 0.308. The highest BCUT2D eigenvalue weighted by atomic mass is 79.9. The predicted molar refractivity (Wildman–Crippen MR) is 76.2 cm³/mol. The molecule has 0 saturated carbocycles. The van der Waals surface area contributed by atoms with E-state index in [4.69, 9.17) is 0 Å². The fourth-order valence-electron chi connectivity index (χ4n) is 1.66. The second kappa shape index (κ2) is 5.76. The minimum absolute atomic E-state index is 0.340. The van der Waals surface area contributed by atoms with E-state index in [-0.39, 0.29) is 0 Å². The van der Waals surface area contributed by atoms with Gasteiger partial charge in [0.2, 0.25) is 0 Å². The molecular weight excluding hydrogens is 296 g/mol. The van der Waals surface area contributed by atoms with E-state index in [1.165, 1.54) is 9.35 Å². The Bertz CT molecular complexity index is 496. The zero-order valence-electron chi connectivity index (χ0n) is 9.90. The van der Waals surface area contributed by atoms with Gasteiger partial charge in [0.05, 0.1) is 5.69 Å². The average Bonchev–Trinajstić information content (AvgIpc) is 2.72. The van der Waals surface area contributed by atoms with Crippen LogP contribution in [-0.4, -0.2) is 4.98 Å². The van der Waals surface area contributed by atoms with Gasteiger partial charge in [-0.2, -0.15) is 0 Å². The number of nitrogens with zero attached hydrogens (tertiary/aromatic N) is 1. The monoisotopic (exact) mass is 310 g/mol. The first kappa shape index (κ1) is 12.7. The summed E-state index contributed by atoms with van der Waals surface area (Å²) in [6.45, 7) is 4.99. The normalized spacial score (nSPS) is 12.6. The van der Waals surface area contributed by atoms with E-state index < -0.39 is 0 Å². The maximum Gasteiger partial charge on any atom is 0.0545 e. The molecule has 0 aliphatic carbocycles. The van der Waals surface area contributed by atoms with Gasteiger partial charge in [-0.05, 0) is 53.4 Å². The summed E-state index contributed by atoms with van der Waals surface area (Å²) in [6, 6.07) is 8.54. The van der Waals surface area contributed by atoms with Crippen LogP contribution in [0, 0.1) is 6.92 Å². The Morgan fingerprint density at radius 3 is 2.88 bits per heavy atom. The Morgan fingerprint density at radius 1 is 1.41 bits per heavy atom. The topological polar surface area (TPSA) is 24.9 Å². The van der Waals surface area contributed by atoms with Crippen LogP contribution in [0.5, 0.6) is 0 Å². The molecule has 2 rings (SSSR count). The highest BCUT2D eigenvalue weighted by molar-refractivity contribution is 9.10. The van der Waals surface area contributed by atoms with Gasteiger partial charge in [0.1, 0.15) is 0 Å². The number of rotatable bonds is 4. The van der Waals surface area contributed by atoms with Crippen molar-refractivity contribution in [2.24, 2.45) is 0 Å². The van der Waals surface area contributed by atoms with Gasteiger partial charge in [-0.1, -0.05) is 6.07 Å². The first-order valence-electron chi connectivity index (χ1n) is 5.55. The summed E-state index contributed by atoms with van der Waals surface area (Å²) in [7, 11) is 0. The summed E-state index contributed by atoms with van der Waals surface area (Å²) in [5.74, 6) is 0. The predicted octanol–water partition coefficient (Wildman–Crippen LogP) is 4.06. The van der Waals surface area contributed by atoms with E-state index in [1.807, 2.05) is 19.1 Å². The number of halogens is 1. The molecule has 0 radical (unpaired) electrons. The van der Waals surface area contributed by atoms with E-state index in [1.54, 1.807) is 11.3 Å². The number of thiophene rings is 1. The molecule has 17 heavy (non-hydrogen) atoms. The van der Waals surface area contributed by atoms with Crippen molar-refractivity contribution in [2.75, 3.05) is 0 Å². The molecule has 4 heteroatoms. The van der Waals surface area contributed by atoms with Crippen LogP contribution >= 0.6 is 27.3 Å². The Labute approximate surface area is 114 Å². The molecule has 0 aromatic carbocycles. The van der Waals surface area contributed by atoms with Crippen LogP contribution in [0.4, 0.5) is 0 Å². The molecule has 0 fully saturated rings. The second-order valence-electron chi connectivity index (χ2n) is 4.01. The molecule has 1 unspecified atom stereocenters. The molecular formula is C13H15BrN2S. The van der Waals surface area contributed by atoms with Gasteiger partial charge in [0, 0.05) is 27.6 Å². The summed E-state index contributed by atoms with van der Waals surface area (Å²) >= 11 is 5.33. The summed E-state index contributed by atoms with van der Waals surface area (Å²) in [6.07, 6.45) is 0. The third kappa shape index (κ3) is 3.37. The standard InChI is InChI=1S/C13H15BrN2S/c1-9-4-3-5-11(16-9)8-15-10(2)13-12(14)6-7-17-13/h3-7,10,15H,8H2,1-2H3. The van der Waals surface area contributed by atoms with Gasteiger partial charge in [0.25, 0.3) is 0 Å². The molecule has 0 bridgehead atoms. The van der Waals surface area contributed by atoms with Crippen LogP contribution in [0.2, 0.25) is 0 Å². The molecule has 0 spiro atoms. The lowest BCUT2D eigenvalue weighted by Crippen LogP contribution is -2.18. The lowest BCUT2D eigenvalue weighted by atomic mass is 10.2. The van der Waals surface area contributed by atoms with Crippen LogP contribution in [-0.2, 0) is 6.54 Å². The lowest BCUT2D eigenvalue weighted by Gasteiger charge is -2.12. The molecule has 2 nitrogen and oxygen atoms in total. The third-order valence-electron chi connectivity index (χ3n) is 2.57. The van der Waals surface area contributed by atoms with Crippen molar-refractivity contribution < 1.29 is 0 Å². The molecule has 2 aromatic rings. The SMILES string of the molecule is Cc1cccc(CNC(C)c2sccc2Br)n1. The molecule has 0 amide bonds. The summed E-state index contributed by atoms with van der Waals surface area (Å²) in [4.78, 5) is 5.81. The summed E-state index contributed by atoms with van der Waals surface area (Å²) in [5, 5.41) is 5.59. The highest BCUT2D eigenvalue weighted by Gasteiger charge is 2.10. The maximum absolute atomic E-state index is 4.48. The van der Waals surface area contributed by atoms with E-state index >= 15 is 0 Å². The molecule has 1 N–H and O–H groups in total. The quantitative estimate of drug-likeness (QED) is 0.921. The molecule has 2 aromatic heterocycles. The Balaban J connectivity index is 1.97. The number of aryl methyl sites for hydroxylation is 1. The van der Waals surface area contributed by atoms with Crippen LogP contribution in [0.25, 0.3) is 0 Å². The van der Waals surface area contributed by atoms with Crippen molar-refractivity contribution in [2.45, 2.75) is 26.4 Å². The number of pyridine rings is 1. The Kier molecular flexibility index (Phi) is 4.31. The average molecular weight is 311 g/mol. The maximum atomic E-state index is 4.48. The molecule has 2 heterocycles. The van der Waals surface area contributed by atoms with Crippen LogP contribution in [0.1, 0.15) is 29.2 Å². The van der Waals surface area contributed by atoms with Crippen molar-refractivity contribution in [1.29, 1.82) is 0 Å². The first-order chi connectivity index (χ1) is 8.16. The van der Waals surface area contributed by atoms with Crippen LogP contribution < -0.4 is 5.32 Å². The van der Waals surface area contributed by atoms with Crippen LogP contribution in [0.3, 0.4) is 0 Å². The number of aromatic nitrogens is 1. The van der Waals surface area contributed by atoms with Gasteiger partial charge in [-0.15, -0.1) is 11.3 Å². The van der Waals surface area contributed by atoms with Gasteiger partial charge < -0.3 is 5.32 Å². The Morgan fingerprint density at radius 2 is 2.24 bits per heavy atom. The van der Waals surface area contributed by atoms with Crippen LogP contribution in [0.15, 0.2) is 34.1 Å². The van der Waals surface area contributed by atoms with Gasteiger partial charge in [-0.25, -0.2) is 0 Å². The molecule has 0 aliphatic rings. The van der Waals surface area contributed by atoms with E-state index in [0.717, 1.165) is 17.9 Å². The molecule has 90 valence electrons. The summed E-state index contributed by atoms with van der Waals surface area (Å²) < 4.78 is 1.18. The van der Waals surface area contributed by atoms with Crippen molar-refractivity contribution in [3.63, 3.8) is 0 Å². The second-order valence-corrected chi connectivity index (χ2v) is 5.81. The minimum Gasteiger partial charge on any atom is -0.304 e. The number of hydrogen-bond acceptors (Lipinski definition) is 3. The Hall–Kier alpha value is -0.710. The first-order valence-corrected chi connectivity index (χ1v) is 7.23. The number of nitrogens with one attached hydrogen (secondary N) is 1. The number of hydrogen-bond donors (Lipinski definition) is 1. The smallest absolute Gasteiger partial charge is 0.0545 e. The zero-order chi connectivity index (χ0) is 12.3. The van der Waals surface area contributed by atoms with Crippen molar-refractivity contribution in [3.05, 3.63) is 50.4 Å². The zero-order valence-corrected chi connectivity index (χ0v) is 12.3. The van der Waals surface area contributed by atoms with Crippen molar-refractivity contribution in [1.82, 2.24) is 10.3 Å².